The van der Waals surface area contributed by atoms with Gasteiger partial charge in [0.2, 0.25) is 0 Å². The molecule has 1 atom stereocenters. The first-order valence-electron chi connectivity index (χ1n) is 6.44. The van der Waals surface area contributed by atoms with Crippen LogP contribution in [0, 0.1) is 12.7 Å². The zero-order valence-electron chi connectivity index (χ0n) is 11.8. The highest BCUT2D eigenvalue weighted by Gasteiger charge is 2.16. The van der Waals surface area contributed by atoms with Crippen LogP contribution in [0.3, 0.4) is 0 Å². The molecule has 0 amide bonds. The second kappa shape index (κ2) is 6.11. The maximum absolute atomic E-state index is 13.4. The van der Waals surface area contributed by atoms with Gasteiger partial charge in [-0.3, -0.25) is 0 Å². The molecule has 0 saturated carbocycles. The number of aryl methyl sites for hydroxylation is 1. The molecule has 0 spiro atoms. The number of hydrogen-bond donors (Lipinski definition) is 1. The number of hydrogen-bond acceptors (Lipinski definition) is 5. The maximum Gasteiger partial charge on any atom is 0.258 e. The third-order valence-electron chi connectivity index (χ3n) is 2.67. The molecule has 0 radical (unpaired) electrons. The summed E-state index contributed by atoms with van der Waals surface area (Å²) in [6.07, 6.45) is 0.0818. The van der Waals surface area contributed by atoms with Crippen molar-refractivity contribution >= 4 is 0 Å². The van der Waals surface area contributed by atoms with Crippen molar-refractivity contribution in [2.75, 3.05) is 6.61 Å². The van der Waals surface area contributed by atoms with Crippen LogP contribution in [-0.4, -0.2) is 22.9 Å². The largest absolute Gasteiger partial charge is 0.377 e. The normalized spacial score (nSPS) is 12.9. The van der Waals surface area contributed by atoms with Crippen molar-refractivity contribution in [1.82, 2.24) is 10.1 Å². The van der Waals surface area contributed by atoms with Gasteiger partial charge in [-0.05, 0) is 44.5 Å². The van der Waals surface area contributed by atoms with E-state index in [0.717, 1.165) is 5.56 Å². The van der Waals surface area contributed by atoms with E-state index in [-0.39, 0.29) is 17.8 Å². The van der Waals surface area contributed by atoms with Gasteiger partial charge in [-0.15, -0.1) is 0 Å². The molecule has 108 valence electrons. The van der Waals surface area contributed by atoms with Crippen molar-refractivity contribution in [3.05, 3.63) is 35.4 Å². The van der Waals surface area contributed by atoms with Gasteiger partial charge in [-0.1, -0.05) is 5.16 Å². The number of nitrogens with two attached hydrogens (primary N) is 1. The van der Waals surface area contributed by atoms with Gasteiger partial charge in [0.25, 0.3) is 5.89 Å². The average Bonchev–Trinajstić information content (AvgIpc) is 2.84. The van der Waals surface area contributed by atoms with E-state index in [1.807, 2.05) is 13.8 Å². The van der Waals surface area contributed by atoms with E-state index in [4.69, 9.17) is 15.0 Å². The number of nitrogens with zero attached hydrogens (tertiary/aromatic N) is 2. The van der Waals surface area contributed by atoms with E-state index >= 15 is 0 Å². The lowest BCUT2D eigenvalue weighted by molar-refractivity contribution is 0.0665. The van der Waals surface area contributed by atoms with Gasteiger partial charge in [0.15, 0.2) is 5.82 Å². The van der Waals surface area contributed by atoms with Gasteiger partial charge in [-0.2, -0.15) is 4.98 Å². The lowest BCUT2D eigenvalue weighted by Crippen LogP contribution is -2.20. The Kier molecular flexibility index (Phi) is 4.46. The molecule has 0 aliphatic carbocycles. The summed E-state index contributed by atoms with van der Waals surface area (Å²) in [7, 11) is 0. The lowest BCUT2D eigenvalue weighted by Gasteiger charge is -2.10. The van der Waals surface area contributed by atoms with Crippen molar-refractivity contribution in [1.29, 1.82) is 0 Å². The zero-order chi connectivity index (χ0) is 14.7. The maximum atomic E-state index is 13.4. The van der Waals surface area contributed by atoms with Gasteiger partial charge in [-0.25, -0.2) is 4.39 Å². The van der Waals surface area contributed by atoms with Crippen LogP contribution < -0.4 is 5.73 Å². The molecule has 1 aromatic carbocycles. The minimum absolute atomic E-state index is 0.0818. The molecule has 2 rings (SSSR count). The summed E-state index contributed by atoms with van der Waals surface area (Å²) in [6, 6.07) is 4.09. The molecule has 0 bridgehead atoms. The third-order valence-corrected chi connectivity index (χ3v) is 2.67. The number of halogens is 1. The van der Waals surface area contributed by atoms with E-state index in [1.165, 1.54) is 12.1 Å². The first-order valence-corrected chi connectivity index (χ1v) is 6.44. The SMILES string of the molecule is Cc1cc(F)cc(-c2nc(C(N)COC(C)C)no2)c1. The van der Waals surface area contributed by atoms with Gasteiger partial charge in [0, 0.05) is 5.56 Å². The van der Waals surface area contributed by atoms with Crippen molar-refractivity contribution in [2.45, 2.75) is 32.9 Å². The summed E-state index contributed by atoms with van der Waals surface area (Å²) in [5.74, 6) is 0.261. The quantitative estimate of drug-likeness (QED) is 0.910. The standard InChI is InChI=1S/C14H18FN3O2/c1-8(2)19-7-12(16)13-17-14(20-18-13)10-4-9(3)5-11(15)6-10/h4-6,8,12H,7,16H2,1-3H3. The van der Waals surface area contributed by atoms with Crippen molar-refractivity contribution in [2.24, 2.45) is 5.73 Å². The summed E-state index contributed by atoms with van der Waals surface area (Å²) >= 11 is 0. The van der Waals surface area contributed by atoms with E-state index in [2.05, 4.69) is 10.1 Å². The molecule has 0 fully saturated rings. The molecule has 6 heteroatoms. The summed E-state index contributed by atoms with van der Waals surface area (Å²) in [4.78, 5) is 4.19. The number of benzene rings is 1. The highest BCUT2D eigenvalue weighted by atomic mass is 19.1. The molecule has 20 heavy (non-hydrogen) atoms. The fourth-order valence-electron chi connectivity index (χ4n) is 1.73. The topological polar surface area (TPSA) is 74.2 Å². The zero-order valence-corrected chi connectivity index (χ0v) is 11.8. The third kappa shape index (κ3) is 3.61. The van der Waals surface area contributed by atoms with Gasteiger partial charge >= 0.3 is 0 Å². The Balaban J connectivity index is 2.15. The van der Waals surface area contributed by atoms with Gasteiger partial charge in [0.05, 0.1) is 18.8 Å². The first-order chi connectivity index (χ1) is 9.45. The Hall–Kier alpha value is -1.79. The Morgan fingerprint density at radius 3 is 2.75 bits per heavy atom. The van der Waals surface area contributed by atoms with E-state index in [0.29, 0.717) is 18.0 Å². The number of aromatic nitrogens is 2. The smallest absolute Gasteiger partial charge is 0.258 e. The molecule has 1 heterocycles. The van der Waals surface area contributed by atoms with Crippen LogP contribution in [0.15, 0.2) is 22.7 Å². The molecule has 2 aromatic rings. The van der Waals surface area contributed by atoms with Crippen LogP contribution in [0.2, 0.25) is 0 Å². The summed E-state index contributed by atoms with van der Waals surface area (Å²) in [5.41, 5.74) is 7.23. The Labute approximate surface area is 116 Å². The molecular formula is C14H18FN3O2. The second-order valence-electron chi connectivity index (χ2n) is 4.96. The van der Waals surface area contributed by atoms with Crippen LogP contribution in [-0.2, 0) is 4.74 Å². The molecule has 1 unspecified atom stereocenters. The lowest BCUT2D eigenvalue weighted by atomic mass is 10.1. The van der Waals surface area contributed by atoms with Crippen LogP contribution in [0.25, 0.3) is 11.5 Å². The molecular weight excluding hydrogens is 261 g/mol. The Morgan fingerprint density at radius 2 is 2.10 bits per heavy atom. The van der Waals surface area contributed by atoms with Crippen molar-refractivity contribution in [3.63, 3.8) is 0 Å². The minimum atomic E-state index is -0.468. The fraction of sp³-hybridized carbons (Fsp3) is 0.429. The predicted molar refractivity (Wildman–Crippen MR) is 72.4 cm³/mol. The molecule has 5 nitrogen and oxygen atoms in total. The van der Waals surface area contributed by atoms with Crippen molar-refractivity contribution in [3.8, 4) is 11.5 Å². The molecule has 0 aliphatic rings. The Bertz CT molecular complexity index is 563. The van der Waals surface area contributed by atoms with E-state index in [1.54, 1.807) is 13.0 Å². The summed E-state index contributed by atoms with van der Waals surface area (Å²) < 4.78 is 23.9. The second-order valence-corrected chi connectivity index (χ2v) is 4.96. The minimum Gasteiger partial charge on any atom is -0.377 e. The van der Waals surface area contributed by atoms with E-state index in [9.17, 15) is 4.39 Å². The highest BCUT2D eigenvalue weighted by molar-refractivity contribution is 5.54. The molecule has 0 aliphatic heterocycles. The summed E-state index contributed by atoms with van der Waals surface area (Å²) in [5, 5.41) is 3.82. The van der Waals surface area contributed by atoms with Crippen LogP contribution in [0.5, 0.6) is 0 Å². The molecule has 1 aromatic heterocycles. The predicted octanol–water partition coefficient (Wildman–Crippen LogP) is 2.61. The highest BCUT2D eigenvalue weighted by Crippen LogP contribution is 2.21. The summed E-state index contributed by atoms with van der Waals surface area (Å²) in [6.45, 7) is 5.94. The Morgan fingerprint density at radius 1 is 1.35 bits per heavy atom. The van der Waals surface area contributed by atoms with Crippen LogP contribution >= 0.6 is 0 Å². The van der Waals surface area contributed by atoms with Gasteiger partial charge in [0.1, 0.15) is 5.82 Å². The van der Waals surface area contributed by atoms with Gasteiger partial charge < -0.3 is 15.0 Å². The number of rotatable bonds is 5. The van der Waals surface area contributed by atoms with Crippen LogP contribution in [0.1, 0.15) is 31.3 Å². The number of ether oxygens (including phenoxy) is 1. The van der Waals surface area contributed by atoms with E-state index < -0.39 is 6.04 Å². The van der Waals surface area contributed by atoms with Crippen molar-refractivity contribution < 1.29 is 13.7 Å². The monoisotopic (exact) mass is 279 g/mol. The van der Waals surface area contributed by atoms with Crippen LogP contribution in [0.4, 0.5) is 4.39 Å². The molecule has 2 N–H and O–H groups in total. The molecule has 0 saturated heterocycles. The average molecular weight is 279 g/mol. The fourth-order valence-corrected chi connectivity index (χ4v) is 1.73. The first kappa shape index (κ1) is 14.6.